The van der Waals surface area contributed by atoms with Crippen LogP contribution < -0.4 is 0 Å². The van der Waals surface area contributed by atoms with Crippen molar-refractivity contribution < 1.29 is 0 Å². The van der Waals surface area contributed by atoms with Crippen molar-refractivity contribution in [1.82, 2.24) is 9.97 Å². The standard InChI is InChI=1S/C38H30N4/c1-3-16-35(37(18-8-22-41-27-37)31-12-6-20-39-25-31)33(14-1)29-10-5-11-30(24-29)34-15-2-4-17-36(34)38(19-9-23-42-28-38)32-13-7-21-40-26-32/h1-26H,27-28H2. The first kappa shape index (κ1) is 25.7. The van der Waals surface area contributed by atoms with E-state index in [1.807, 2.05) is 49.3 Å². The molecule has 0 amide bonds. The van der Waals surface area contributed by atoms with Crippen molar-refractivity contribution in [3.05, 3.63) is 168 Å². The Morgan fingerprint density at radius 1 is 0.500 bits per heavy atom. The van der Waals surface area contributed by atoms with E-state index in [4.69, 9.17) is 9.98 Å². The summed E-state index contributed by atoms with van der Waals surface area (Å²) in [7, 11) is 0. The van der Waals surface area contributed by atoms with Crippen LogP contribution in [0.4, 0.5) is 0 Å². The van der Waals surface area contributed by atoms with Crippen LogP contribution in [-0.2, 0) is 10.8 Å². The average Bonchev–Trinajstić information content (AvgIpc) is 3.10. The van der Waals surface area contributed by atoms with Gasteiger partial charge in [0.1, 0.15) is 0 Å². The number of pyridine rings is 2. The molecule has 4 nitrogen and oxygen atoms in total. The van der Waals surface area contributed by atoms with Crippen LogP contribution >= 0.6 is 0 Å². The summed E-state index contributed by atoms with van der Waals surface area (Å²) in [4.78, 5) is 18.4. The molecular formula is C38H30N4. The lowest BCUT2D eigenvalue weighted by molar-refractivity contribution is 0.650. The van der Waals surface area contributed by atoms with Gasteiger partial charge in [-0.15, -0.1) is 0 Å². The minimum Gasteiger partial charge on any atom is -0.292 e. The fourth-order valence-corrected chi connectivity index (χ4v) is 6.43. The van der Waals surface area contributed by atoms with Crippen molar-refractivity contribution in [2.24, 2.45) is 9.98 Å². The van der Waals surface area contributed by atoms with Crippen molar-refractivity contribution in [2.45, 2.75) is 10.8 Å². The quantitative estimate of drug-likeness (QED) is 0.221. The molecule has 2 aromatic heterocycles. The van der Waals surface area contributed by atoms with Gasteiger partial charge in [-0.05, 0) is 74.9 Å². The second-order valence-electron chi connectivity index (χ2n) is 10.8. The molecule has 0 radical (unpaired) electrons. The van der Waals surface area contributed by atoms with Crippen LogP contribution in [0.2, 0.25) is 0 Å². The number of aromatic nitrogens is 2. The van der Waals surface area contributed by atoms with Crippen LogP contribution in [0.15, 0.2) is 156 Å². The lowest BCUT2D eigenvalue weighted by Gasteiger charge is -2.34. The molecule has 0 fully saturated rings. The fourth-order valence-electron chi connectivity index (χ4n) is 6.43. The number of allylic oxidation sites excluding steroid dienone is 2. The van der Waals surface area contributed by atoms with Gasteiger partial charge in [-0.1, -0.05) is 91.0 Å². The van der Waals surface area contributed by atoms with E-state index in [1.165, 1.54) is 22.3 Å². The summed E-state index contributed by atoms with van der Waals surface area (Å²) in [5.41, 5.74) is 8.60. The van der Waals surface area contributed by atoms with E-state index in [9.17, 15) is 0 Å². The average molecular weight is 543 g/mol. The van der Waals surface area contributed by atoms with Crippen molar-refractivity contribution in [3.63, 3.8) is 0 Å². The maximum Gasteiger partial charge on any atom is 0.0601 e. The largest absolute Gasteiger partial charge is 0.292 e. The summed E-state index contributed by atoms with van der Waals surface area (Å²) in [5, 5.41) is 0. The highest BCUT2D eigenvalue weighted by molar-refractivity contribution is 5.81. The highest BCUT2D eigenvalue weighted by atomic mass is 14.8. The molecule has 0 bridgehead atoms. The van der Waals surface area contributed by atoms with E-state index in [0.29, 0.717) is 13.1 Å². The Morgan fingerprint density at radius 3 is 1.43 bits per heavy atom. The highest BCUT2D eigenvalue weighted by Gasteiger charge is 2.36. The predicted molar refractivity (Wildman–Crippen MR) is 172 cm³/mol. The van der Waals surface area contributed by atoms with Gasteiger partial charge in [-0.2, -0.15) is 0 Å². The molecule has 4 heteroatoms. The topological polar surface area (TPSA) is 50.5 Å². The third-order valence-corrected chi connectivity index (χ3v) is 8.48. The summed E-state index contributed by atoms with van der Waals surface area (Å²) < 4.78 is 0. The number of hydrogen-bond acceptors (Lipinski definition) is 4. The van der Waals surface area contributed by atoms with E-state index in [-0.39, 0.29) is 0 Å². The molecule has 5 aromatic rings. The fraction of sp³-hybridized carbons (Fsp3) is 0.105. The van der Waals surface area contributed by atoms with Gasteiger partial charge in [-0.25, -0.2) is 0 Å². The molecular weight excluding hydrogens is 512 g/mol. The molecule has 202 valence electrons. The normalized spacial score (nSPS) is 21.0. The monoisotopic (exact) mass is 542 g/mol. The van der Waals surface area contributed by atoms with Crippen LogP contribution in [0.1, 0.15) is 22.3 Å². The van der Waals surface area contributed by atoms with Crippen LogP contribution in [-0.4, -0.2) is 35.5 Å². The van der Waals surface area contributed by atoms with E-state index < -0.39 is 10.8 Å². The molecule has 4 heterocycles. The van der Waals surface area contributed by atoms with Crippen LogP contribution in [0.5, 0.6) is 0 Å². The van der Waals surface area contributed by atoms with Crippen LogP contribution in [0.25, 0.3) is 22.3 Å². The summed E-state index contributed by atoms with van der Waals surface area (Å²) >= 11 is 0. The Kier molecular flexibility index (Phi) is 6.73. The zero-order valence-corrected chi connectivity index (χ0v) is 23.2. The summed E-state index contributed by atoms with van der Waals surface area (Å²) in [5.74, 6) is 0. The lowest BCUT2D eigenvalue weighted by Crippen LogP contribution is -2.31. The smallest absolute Gasteiger partial charge is 0.0601 e. The van der Waals surface area contributed by atoms with Gasteiger partial charge in [0.25, 0.3) is 0 Å². The molecule has 0 N–H and O–H groups in total. The van der Waals surface area contributed by atoms with Gasteiger partial charge in [0, 0.05) is 37.2 Å². The molecule has 42 heavy (non-hydrogen) atoms. The second kappa shape index (κ2) is 11.0. The van der Waals surface area contributed by atoms with E-state index in [1.54, 1.807) is 0 Å². The van der Waals surface area contributed by atoms with Gasteiger partial charge in [0.05, 0.1) is 23.9 Å². The van der Waals surface area contributed by atoms with Gasteiger partial charge in [0.2, 0.25) is 0 Å². The Bertz CT molecular complexity index is 1710. The summed E-state index contributed by atoms with van der Waals surface area (Å²) in [6, 6.07) is 34.6. The number of dihydropyridines is 2. The zero-order valence-electron chi connectivity index (χ0n) is 23.2. The highest BCUT2D eigenvalue weighted by Crippen LogP contribution is 2.44. The molecule has 0 saturated heterocycles. The minimum absolute atomic E-state index is 0.400. The van der Waals surface area contributed by atoms with Crippen molar-refractivity contribution in [2.75, 3.05) is 13.1 Å². The number of rotatable bonds is 6. The van der Waals surface area contributed by atoms with Crippen LogP contribution in [0.3, 0.4) is 0 Å². The third kappa shape index (κ3) is 4.42. The van der Waals surface area contributed by atoms with E-state index in [0.717, 1.165) is 22.3 Å². The zero-order chi connectivity index (χ0) is 28.2. The van der Waals surface area contributed by atoms with Crippen molar-refractivity contribution in [3.8, 4) is 22.3 Å². The molecule has 2 aliphatic rings. The summed E-state index contributed by atoms with van der Waals surface area (Å²) in [6.07, 6.45) is 20.0. The minimum atomic E-state index is -0.400. The number of nitrogens with zero attached hydrogens (tertiary/aromatic N) is 4. The molecule has 2 unspecified atom stereocenters. The van der Waals surface area contributed by atoms with E-state index in [2.05, 4.69) is 119 Å². The molecule has 7 rings (SSSR count). The Morgan fingerprint density at radius 2 is 1.00 bits per heavy atom. The number of benzene rings is 3. The van der Waals surface area contributed by atoms with Gasteiger partial charge < -0.3 is 0 Å². The third-order valence-electron chi connectivity index (χ3n) is 8.48. The molecule has 0 saturated carbocycles. The van der Waals surface area contributed by atoms with Crippen LogP contribution in [0, 0.1) is 0 Å². The first-order chi connectivity index (χ1) is 20.8. The molecule has 0 aliphatic carbocycles. The van der Waals surface area contributed by atoms with Crippen molar-refractivity contribution >= 4 is 12.4 Å². The molecule has 3 aromatic carbocycles. The van der Waals surface area contributed by atoms with E-state index >= 15 is 0 Å². The summed E-state index contributed by atoms with van der Waals surface area (Å²) in [6.45, 7) is 1.27. The van der Waals surface area contributed by atoms with Gasteiger partial charge in [0.15, 0.2) is 0 Å². The first-order valence-electron chi connectivity index (χ1n) is 14.3. The van der Waals surface area contributed by atoms with Crippen molar-refractivity contribution in [1.29, 1.82) is 0 Å². The SMILES string of the molecule is C1=CC(c2cccnc2)(c2ccccc2-c2cccc(-c3ccccc3C3(c4cccnc4)C=CC=NC3)c2)CN=C1. The number of aliphatic imine (C=N–C) groups is 2. The lowest BCUT2D eigenvalue weighted by atomic mass is 9.70. The molecule has 0 spiro atoms. The second-order valence-corrected chi connectivity index (χ2v) is 10.8. The maximum atomic E-state index is 4.72. The first-order valence-corrected chi connectivity index (χ1v) is 14.3. The molecule has 2 atom stereocenters. The van der Waals surface area contributed by atoms with Gasteiger partial charge >= 0.3 is 0 Å². The number of hydrogen-bond donors (Lipinski definition) is 0. The van der Waals surface area contributed by atoms with Gasteiger partial charge in [-0.3, -0.25) is 20.0 Å². The Hall–Kier alpha value is -5.22. The maximum absolute atomic E-state index is 4.72. The molecule has 2 aliphatic heterocycles. The Balaban J connectivity index is 1.38. The Labute approximate surface area is 246 Å². The predicted octanol–water partition coefficient (Wildman–Crippen LogP) is 7.66.